The van der Waals surface area contributed by atoms with Crippen molar-refractivity contribution in [3.8, 4) is 0 Å². The Morgan fingerprint density at radius 2 is 1.88 bits per heavy atom. The largest absolute Gasteiger partial charge is 0.385 e. The Kier molecular flexibility index (Phi) is 5.76. The molecule has 0 spiro atoms. The summed E-state index contributed by atoms with van der Waals surface area (Å²) in [5, 5.41) is 5.01. The first-order chi connectivity index (χ1) is 12.7. The Balaban J connectivity index is 1.97. The smallest absolute Gasteiger partial charge is 0.262 e. The number of nitrogens with one attached hydrogen (secondary N) is 1. The molecule has 0 saturated carbocycles. The number of fused-ring (bicyclic) bond motifs is 1. The van der Waals surface area contributed by atoms with Crippen LogP contribution in [0.2, 0.25) is 0 Å². The Labute approximate surface area is 152 Å². The first kappa shape index (κ1) is 17.8. The molecule has 26 heavy (non-hydrogen) atoms. The van der Waals surface area contributed by atoms with Gasteiger partial charge < -0.3 is 4.74 Å². The molecule has 0 aliphatic carbocycles. The van der Waals surface area contributed by atoms with Crippen LogP contribution in [0.5, 0.6) is 0 Å². The summed E-state index contributed by atoms with van der Waals surface area (Å²) >= 11 is 0. The molecule has 0 fully saturated rings. The molecule has 0 aliphatic rings. The number of rotatable bonds is 7. The molecule has 0 aliphatic heterocycles. The lowest BCUT2D eigenvalue weighted by molar-refractivity contribution is 0.190. The van der Waals surface area contributed by atoms with Gasteiger partial charge in [0.1, 0.15) is 0 Å². The number of ether oxygens (including phenoxy) is 1. The normalized spacial score (nSPS) is 11.7. The summed E-state index contributed by atoms with van der Waals surface area (Å²) in [6, 6.07) is 17.2. The molecule has 134 valence electrons. The van der Waals surface area contributed by atoms with E-state index in [2.05, 4.69) is 15.5 Å². The van der Waals surface area contributed by atoms with Gasteiger partial charge in [-0.2, -0.15) is 5.10 Å². The van der Waals surface area contributed by atoms with E-state index in [1.54, 1.807) is 17.7 Å². The van der Waals surface area contributed by atoms with Crippen molar-refractivity contribution in [2.45, 2.75) is 19.9 Å². The number of hydrazone groups is 1. The molecule has 0 bridgehead atoms. The fourth-order valence-corrected chi connectivity index (χ4v) is 2.71. The Bertz CT molecular complexity index is 964. The molecule has 0 amide bonds. The second kappa shape index (κ2) is 8.40. The SMILES string of the molecule is COCCCn1c(N/N=C(/C)c2ccccc2)nc2ccccc2c1=O. The van der Waals surface area contributed by atoms with Crippen LogP contribution in [0.15, 0.2) is 64.5 Å². The van der Waals surface area contributed by atoms with Crippen LogP contribution in [0.25, 0.3) is 10.9 Å². The van der Waals surface area contributed by atoms with Gasteiger partial charge in [0.25, 0.3) is 5.56 Å². The minimum Gasteiger partial charge on any atom is -0.385 e. The maximum atomic E-state index is 12.9. The van der Waals surface area contributed by atoms with Crippen molar-refractivity contribution in [2.24, 2.45) is 5.10 Å². The van der Waals surface area contributed by atoms with E-state index in [-0.39, 0.29) is 5.56 Å². The topological polar surface area (TPSA) is 68.5 Å². The third kappa shape index (κ3) is 3.97. The van der Waals surface area contributed by atoms with Crippen molar-refractivity contribution in [1.29, 1.82) is 0 Å². The van der Waals surface area contributed by atoms with Crippen molar-refractivity contribution in [1.82, 2.24) is 9.55 Å². The Morgan fingerprint density at radius 1 is 1.15 bits per heavy atom. The van der Waals surface area contributed by atoms with Gasteiger partial charge in [0.05, 0.1) is 16.6 Å². The molecule has 6 nitrogen and oxygen atoms in total. The van der Waals surface area contributed by atoms with Crippen molar-refractivity contribution in [3.63, 3.8) is 0 Å². The van der Waals surface area contributed by atoms with Crippen LogP contribution in [0.1, 0.15) is 18.9 Å². The molecule has 0 saturated heterocycles. The number of para-hydroxylation sites is 1. The summed E-state index contributed by atoms with van der Waals surface area (Å²) in [6.45, 7) is 2.99. The van der Waals surface area contributed by atoms with E-state index in [1.165, 1.54) is 0 Å². The molecule has 0 unspecified atom stereocenters. The molecule has 1 N–H and O–H groups in total. The zero-order chi connectivity index (χ0) is 18.4. The van der Waals surface area contributed by atoms with Crippen molar-refractivity contribution in [2.75, 3.05) is 19.1 Å². The summed E-state index contributed by atoms with van der Waals surface area (Å²) in [5.41, 5.74) is 5.36. The first-order valence-corrected chi connectivity index (χ1v) is 8.55. The highest BCUT2D eigenvalue weighted by atomic mass is 16.5. The summed E-state index contributed by atoms with van der Waals surface area (Å²) in [6.07, 6.45) is 0.715. The van der Waals surface area contributed by atoms with E-state index in [0.29, 0.717) is 36.4 Å². The fraction of sp³-hybridized carbons (Fsp3) is 0.250. The van der Waals surface area contributed by atoms with Gasteiger partial charge in [-0.25, -0.2) is 10.4 Å². The van der Waals surface area contributed by atoms with Crippen LogP contribution in [-0.2, 0) is 11.3 Å². The van der Waals surface area contributed by atoms with Gasteiger partial charge >= 0.3 is 0 Å². The molecule has 0 atom stereocenters. The zero-order valence-electron chi connectivity index (χ0n) is 15.0. The van der Waals surface area contributed by atoms with E-state index in [0.717, 1.165) is 11.3 Å². The number of hydrogen-bond donors (Lipinski definition) is 1. The maximum Gasteiger partial charge on any atom is 0.262 e. The number of anilines is 1. The van der Waals surface area contributed by atoms with E-state index in [9.17, 15) is 4.79 Å². The van der Waals surface area contributed by atoms with Gasteiger partial charge in [0, 0.05) is 20.3 Å². The van der Waals surface area contributed by atoms with Gasteiger partial charge in [0.15, 0.2) is 0 Å². The zero-order valence-corrected chi connectivity index (χ0v) is 15.0. The van der Waals surface area contributed by atoms with E-state index < -0.39 is 0 Å². The molecule has 3 rings (SSSR count). The van der Waals surface area contributed by atoms with Gasteiger partial charge in [-0.1, -0.05) is 42.5 Å². The second-order valence-corrected chi connectivity index (χ2v) is 5.93. The van der Waals surface area contributed by atoms with Gasteiger partial charge in [0.2, 0.25) is 5.95 Å². The molecular formula is C20H22N4O2. The minimum atomic E-state index is -0.0817. The van der Waals surface area contributed by atoms with E-state index in [1.807, 2.05) is 55.5 Å². The van der Waals surface area contributed by atoms with Crippen LogP contribution in [0.4, 0.5) is 5.95 Å². The lowest BCUT2D eigenvalue weighted by atomic mass is 10.1. The second-order valence-electron chi connectivity index (χ2n) is 5.93. The van der Waals surface area contributed by atoms with Crippen LogP contribution < -0.4 is 11.0 Å². The van der Waals surface area contributed by atoms with Crippen LogP contribution in [-0.4, -0.2) is 29.0 Å². The monoisotopic (exact) mass is 350 g/mol. The Hall–Kier alpha value is -2.99. The van der Waals surface area contributed by atoms with Crippen LogP contribution in [0, 0.1) is 0 Å². The van der Waals surface area contributed by atoms with Gasteiger partial charge in [-0.3, -0.25) is 9.36 Å². The highest BCUT2D eigenvalue weighted by Gasteiger charge is 2.10. The van der Waals surface area contributed by atoms with Gasteiger partial charge in [-0.05, 0) is 31.0 Å². The van der Waals surface area contributed by atoms with E-state index >= 15 is 0 Å². The lowest BCUT2D eigenvalue weighted by Crippen LogP contribution is -2.25. The van der Waals surface area contributed by atoms with Crippen LogP contribution >= 0.6 is 0 Å². The third-order valence-electron chi connectivity index (χ3n) is 4.11. The molecular weight excluding hydrogens is 328 g/mol. The summed E-state index contributed by atoms with van der Waals surface area (Å²) in [5.74, 6) is 0.431. The molecule has 1 heterocycles. The lowest BCUT2D eigenvalue weighted by Gasteiger charge is -2.13. The number of hydrogen-bond acceptors (Lipinski definition) is 5. The summed E-state index contributed by atoms with van der Waals surface area (Å²) in [4.78, 5) is 17.4. The molecule has 3 aromatic rings. The summed E-state index contributed by atoms with van der Waals surface area (Å²) < 4.78 is 6.72. The third-order valence-corrected chi connectivity index (χ3v) is 4.11. The minimum absolute atomic E-state index is 0.0817. The summed E-state index contributed by atoms with van der Waals surface area (Å²) in [7, 11) is 1.65. The van der Waals surface area contributed by atoms with Crippen molar-refractivity contribution >= 4 is 22.6 Å². The highest BCUT2D eigenvalue weighted by Crippen LogP contribution is 2.12. The first-order valence-electron chi connectivity index (χ1n) is 8.55. The molecule has 0 radical (unpaired) electrons. The maximum absolute atomic E-state index is 12.9. The van der Waals surface area contributed by atoms with Crippen LogP contribution in [0.3, 0.4) is 0 Å². The molecule has 6 heteroatoms. The van der Waals surface area contributed by atoms with Crippen molar-refractivity contribution < 1.29 is 4.74 Å². The average molecular weight is 350 g/mol. The molecule has 2 aromatic carbocycles. The predicted molar refractivity (Wildman–Crippen MR) is 105 cm³/mol. The fourth-order valence-electron chi connectivity index (χ4n) is 2.71. The Morgan fingerprint density at radius 3 is 2.65 bits per heavy atom. The predicted octanol–water partition coefficient (Wildman–Crippen LogP) is 3.27. The standard InChI is InChI=1S/C20H22N4O2/c1-15(16-9-4-3-5-10-16)22-23-20-21-18-12-7-6-11-17(18)19(25)24(20)13-8-14-26-2/h3-7,9-12H,8,13-14H2,1-2H3,(H,21,23)/b22-15-. The highest BCUT2D eigenvalue weighted by molar-refractivity contribution is 5.99. The number of methoxy groups -OCH3 is 1. The van der Waals surface area contributed by atoms with Gasteiger partial charge in [-0.15, -0.1) is 0 Å². The van der Waals surface area contributed by atoms with Crippen molar-refractivity contribution in [3.05, 3.63) is 70.5 Å². The van der Waals surface area contributed by atoms with E-state index in [4.69, 9.17) is 4.74 Å². The number of nitrogens with zero attached hydrogens (tertiary/aromatic N) is 3. The number of aromatic nitrogens is 2. The average Bonchev–Trinajstić information content (AvgIpc) is 2.69. The quantitative estimate of drug-likeness (QED) is 0.403. The number of benzene rings is 2. The molecule has 1 aromatic heterocycles.